The molecule has 4 saturated carbocycles. The highest BCUT2D eigenvalue weighted by Gasteiger charge is 2.61. The molecule has 0 spiro atoms. The van der Waals surface area contributed by atoms with Gasteiger partial charge in [0.25, 0.3) is 0 Å². The Morgan fingerprint density at radius 1 is 1.21 bits per heavy atom. The van der Waals surface area contributed by atoms with Gasteiger partial charge < -0.3 is 10.5 Å². The van der Waals surface area contributed by atoms with Crippen LogP contribution in [0.2, 0.25) is 0 Å². The number of nitrogens with zero attached hydrogens (tertiary/aromatic N) is 1. The molecular formula is C24H33FN2O5S. The minimum Gasteiger partial charge on any atom is -0.495 e. The van der Waals surface area contributed by atoms with Crippen molar-refractivity contribution < 1.29 is 27.1 Å². The van der Waals surface area contributed by atoms with Crippen molar-refractivity contribution in [3.63, 3.8) is 0 Å². The molecule has 4 aliphatic rings. The number of Topliss-reactive ketones (excluding diaryl/α,β-unsaturated/α-hetero) is 1. The van der Waals surface area contributed by atoms with Gasteiger partial charge in [0.2, 0.25) is 15.9 Å². The predicted octanol–water partition coefficient (Wildman–Crippen LogP) is 3.26. The van der Waals surface area contributed by atoms with Gasteiger partial charge in [-0.25, -0.2) is 12.8 Å². The van der Waals surface area contributed by atoms with E-state index in [4.69, 9.17) is 10.5 Å². The number of nitrogens with two attached hydrogens (primary N) is 1. The molecule has 2 N–H and O–H groups in total. The molecule has 0 aliphatic heterocycles. The van der Waals surface area contributed by atoms with Crippen molar-refractivity contribution in [2.75, 3.05) is 14.2 Å². The fraction of sp³-hybridized carbons (Fsp3) is 0.667. The third-order valence-electron chi connectivity index (χ3n) is 8.48. The summed E-state index contributed by atoms with van der Waals surface area (Å²) in [7, 11) is -1.80. The summed E-state index contributed by atoms with van der Waals surface area (Å²) in [5.41, 5.74) is 3.51. The molecule has 2 atom stereocenters. The van der Waals surface area contributed by atoms with Gasteiger partial charge in [0.05, 0.1) is 18.1 Å². The van der Waals surface area contributed by atoms with Crippen LogP contribution in [0.5, 0.6) is 5.75 Å². The predicted molar refractivity (Wildman–Crippen MR) is 120 cm³/mol. The molecule has 2 unspecified atom stereocenters. The van der Waals surface area contributed by atoms with Gasteiger partial charge in [-0.2, -0.15) is 4.31 Å². The van der Waals surface area contributed by atoms with Crippen LogP contribution in [0.3, 0.4) is 0 Å². The SMILES string of the molecule is COc1cccc(F)c1S(=O)(=O)N(C)C(C)(C)C(=O)CC12CC3CC(C1)CC(C(N)=O)(C3)C2. The maximum Gasteiger partial charge on any atom is 0.250 e. The van der Waals surface area contributed by atoms with Gasteiger partial charge in [0.1, 0.15) is 11.6 Å². The summed E-state index contributed by atoms with van der Waals surface area (Å²) in [6, 6.07) is 3.79. The van der Waals surface area contributed by atoms with Gasteiger partial charge in [0.15, 0.2) is 10.7 Å². The number of ketones is 1. The van der Waals surface area contributed by atoms with E-state index in [0.717, 1.165) is 42.5 Å². The minimum atomic E-state index is -4.37. The van der Waals surface area contributed by atoms with Gasteiger partial charge in [-0.15, -0.1) is 0 Å². The third kappa shape index (κ3) is 3.77. The Morgan fingerprint density at radius 3 is 2.36 bits per heavy atom. The maximum absolute atomic E-state index is 14.6. The van der Waals surface area contributed by atoms with Crippen LogP contribution in [-0.4, -0.2) is 44.1 Å². The van der Waals surface area contributed by atoms with Crippen LogP contribution in [0.25, 0.3) is 0 Å². The Morgan fingerprint density at radius 2 is 1.82 bits per heavy atom. The van der Waals surface area contributed by atoms with Crippen molar-refractivity contribution in [3.8, 4) is 5.75 Å². The Labute approximate surface area is 194 Å². The lowest BCUT2D eigenvalue weighted by atomic mass is 9.43. The molecule has 5 rings (SSSR count). The summed E-state index contributed by atoms with van der Waals surface area (Å²) in [5.74, 6) is -0.828. The number of amides is 1. The van der Waals surface area contributed by atoms with Crippen molar-refractivity contribution in [2.45, 2.75) is 69.2 Å². The summed E-state index contributed by atoms with van der Waals surface area (Å²) < 4.78 is 47.4. The number of benzene rings is 1. The van der Waals surface area contributed by atoms with Gasteiger partial charge >= 0.3 is 0 Å². The molecule has 1 amide bonds. The molecule has 9 heteroatoms. The highest BCUT2D eigenvalue weighted by Crippen LogP contribution is 2.66. The van der Waals surface area contributed by atoms with E-state index in [1.165, 1.54) is 26.3 Å². The van der Waals surface area contributed by atoms with Gasteiger partial charge in [-0.05, 0) is 81.8 Å². The molecule has 1 aromatic rings. The number of ether oxygens (including phenoxy) is 1. The van der Waals surface area contributed by atoms with Crippen LogP contribution in [0.1, 0.15) is 58.8 Å². The molecule has 4 aliphatic carbocycles. The molecule has 4 fully saturated rings. The van der Waals surface area contributed by atoms with E-state index in [0.29, 0.717) is 18.3 Å². The summed E-state index contributed by atoms with van der Waals surface area (Å²) in [4.78, 5) is 25.4. The van der Waals surface area contributed by atoms with Crippen molar-refractivity contribution >= 4 is 21.7 Å². The molecule has 1 aromatic carbocycles. The number of carbonyl (C=O) groups is 2. The number of hydrogen-bond acceptors (Lipinski definition) is 5. The van der Waals surface area contributed by atoms with E-state index in [1.54, 1.807) is 13.8 Å². The standard InChI is InChI=1S/C24H33FN2O5S/c1-22(2,27(3)33(30,31)20-17(25)6-5-7-18(20)32-4)19(28)13-23-9-15-8-16(10-23)12-24(11-15,14-23)21(26)29/h5-7,15-16H,8-14H2,1-4H3,(H2,26,29). The molecular weight excluding hydrogens is 447 g/mol. The van der Waals surface area contributed by atoms with Crippen molar-refractivity contribution in [1.82, 2.24) is 4.31 Å². The molecule has 0 radical (unpaired) electrons. The van der Waals surface area contributed by atoms with E-state index >= 15 is 0 Å². The quantitative estimate of drug-likeness (QED) is 0.615. The smallest absolute Gasteiger partial charge is 0.250 e. The molecule has 7 nitrogen and oxygen atoms in total. The molecule has 4 bridgehead atoms. The summed E-state index contributed by atoms with van der Waals surface area (Å²) >= 11 is 0. The second kappa shape index (κ2) is 7.77. The van der Waals surface area contributed by atoms with E-state index in [9.17, 15) is 22.4 Å². The highest BCUT2D eigenvalue weighted by molar-refractivity contribution is 7.89. The zero-order valence-corrected chi connectivity index (χ0v) is 20.5. The van der Waals surface area contributed by atoms with E-state index in [2.05, 4.69) is 0 Å². The first-order valence-electron chi connectivity index (χ1n) is 11.4. The number of likely N-dealkylation sites (N-methyl/N-ethyl adjacent to an activating group) is 1. The van der Waals surface area contributed by atoms with Crippen molar-refractivity contribution in [2.24, 2.45) is 28.4 Å². The maximum atomic E-state index is 14.6. The Bertz CT molecular complexity index is 1090. The first-order chi connectivity index (χ1) is 15.3. The monoisotopic (exact) mass is 480 g/mol. The zero-order chi connectivity index (χ0) is 24.4. The van der Waals surface area contributed by atoms with Crippen LogP contribution in [0.15, 0.2) is 23.1 Å². The molecule has 0 saturated heterocycles. The molecule has 0 aromatic heterocycles. The van der Waals surface area contributed by atoms with Crippen LogP contribution in [-0.2, 0) is 19.6 Å². The fourth-order valence-corrected chi connectivity index (χ4v) is 8.71. The topological polar surface area (TPSA) is 107 Å². The highest BCUT2D eigenvalue weighted by atomic mass is 32.2. The van der Waals surface area contributed by atoms with Crippen LogP contribution >= 0.6 is 0 Å². The van der Waals surface area contributed by atoms with Crippen molar-refractivity contribution in [1.29, 1.82) is 0 Å². The average molecular weight is 481 g/mol. The summed E-state index contributed by atoms with van der Waals surface area (Å²) in [6.45, 7) is 3.09. The lowest BCUT2D eigenvalue weighted by Gasteiger charge is -2.61. The number of halogens is 1. The molecule has 33 heavy (non-hydrogen) atoms. The van der Waals surface area contributed by atoms with E-state index in [-0.39, 0.29) is 29.3 Å². The zero-order valence-electron chi connectivity index (χ0n) is 19.7. The number of carbonyl (C=O) groups excluding carboxylic acids is 2. The fourth-order valence-electron chi connectivity index (χ4n) is 7.02. The largest absolute Gasteiger partial charge is 0.495 e. The second-order valence-electron chi connectivity index (χ2n) is 11.0. The van der Waals surface area contributed by atoms with Gasteiger partial charge in [-0.1, -0.05) is 6.07 Å². The third-order valence-corrected chi connectivity index (χ3v) is 10.6. The summed E-state index contributed by atoms with van der Waals surface area (Å²) in [6.07, 6.45) is 5.13. The van der Waals surface area contributed by atoms with Crippen LogP contribution in [0, 0.1) is 28.5 Å². The number of methoxy groups -OCH3 is 1. The number of rotatable bonds is 8. The number of hydrogen-bond donors (Lipinski definition) is 1. The molecule has 0 heterocycles. The minimum absolute atomic E-state index is 0.116. The van der Waals surface area contributed by atoms with E-state index in [1.807, 2.05) is 0 Å². The summed E-state index contributed by atoms with van der Waals surface area (Å²) in [5, 5.41) is 0. The van der Waals surface area contributed by atoms with Crippen LogP contribution < -0.4 is 10.5 Å². The second-order valence-corrected chi connectivity index (χ2v) is 12.9. The first-order valence-corrected chi connectivity index (χ1v) is 12.9. The Hall–Kier alpha value is -2.00. The lowest BCUT2D eigenvalue weighted by molar-refractivity contribution is -0.159. The van der Waals surface area contributed by atoms with Gasteiger partial charge in [0, 0.05) is 13.5 Å². The first kappa shape index (κ1) is 24.1. The lowest BCUT2D eigenvalue weighted by Crippen LogP contribution is -2.59. The normalized spacial score (nSPS) is 31.1. The Balaban J connectivity index is 1.62. The Kier molecular flexibility index (Phi) is 5.68. The van der Waals surface area contributed by atoms with Crippen molar-refractivity contribution in [3.05, 3.63) is 24.0 Å². The number of primary amides is 1. The van der Waals surface area contributed by atoms with Crippen LogP contribution in [0.4, 0.5) is 4.39 Å². The average Bonchev–Trinajstić information content (AvgIpc) is 2.71. The molecule has 182 valence electrons. The number of sulfonamides is 1. The van der Waals surface area contributed by atoms with Gasteiger partial charge in [-0.3, -0.25) is 9.59 Å². The van der Waals surface area contributed by atoms with E-state index < -0.39 is 31.7 Å².